The van der Waals surface area contributed by atoms with Crippen LogP contribution in [-0.2, 0) is 4.79 Å². The van der Waals surface area contributed by atoms with Gasteiger partial charge in [-0.1, -0.05) is 15.9 Å². The molecule has 0 aliphatic heterocycles. The number of aliphatic carboxylic acids is 1. The van der Waals surface area contributed by atoms with Crippen LogP contribution < -0.4 is 4.90 Å². The molecule has 0 radical (unpaired) electrons. The van der Waals surface area contributed by atoms with Gasteiger partial charge in [-0.05, 0) is 36.1 Å². The molecule has 1 aromatic rings. The minimum Gasteiger partial charge on any atom is -0.478 e. The quantitative estimate of drug-likeness (QED) is 0.812. The Morgan fingerprint density at radius 3 is 2.89 bits per heavy atom. The van der Waals surface area contributed by atoms with Gasteiger partial charge in [0.25, 0.3) is 0 Å². The number of benzene rings is 1. The number of carboxylic acid groups (broad SMARTS) is 1. The number of halogens is 1. The molecule has 5 heteroatoms. The zero-order chi connectivity index (χ0) is 13.5. The predicted octanol–water partition coefficient (Wildman–Crippen LogP) is 3.35. The smallest absolute Gasteiger partial charge is 0.328 e. The highest BCUT2D eigenvalue weighted by molar-refractivity contribution is 9.10. The first-order chi connectivity index (χ1) is 8.54. The van der Waals surface area contributed by atoms with Crippen molar-refractivity contribution in [1.82, 2.24) is 0 Å². The van der Waals surface area contributed by atoms with Gasteiger partial charge in [0, 0.05) is 35.6 Å². The first-order valence-corrected chi connectivity index (χ1v) is 7.64. The highest BCUT2D eigenvalue weighted by atomic mass is 79.9. The van der Waals surface area contributed by atoms with Gasteiger partial charge >= 0.3 is 5.97 Å². The molecular formula is C13H16BrNO2S. The van der Waals surface area contributed by atoms with Crippen molar-refractivity contribution in [3.63, 3.8) is 0 Å². The van der Waals surface area contributed by atoms with E-state index in [1.807, 2.05) is 25.2 Å². The molecule has 1 N–H and O–H groups in total. The minimum atomic E-state index is -0.937. The highest BCUT2D eigenvalue weighted by Crippen LogP contribution is 2.25. The van der Waals surface area contributed by atoms with E-state index in [9.17, 15) is 4.79 Å². The molecule has 0 aliphatic carbocycles. The molecule has 1 rings (SSSR count). The average molecular weight is 330 g/mol. The van der Waals surface area contributed by atoms with Crippen LogP contribution in [0.2, 0.25) is 0 Å². The van der Waals surface area contributed by atoms with E-state index >= 15 is 0 Å². The third-order valence-corrected chi connectivity index (χ3v) is 3.52. The summed E-state index contributed by atoms with van der Waals surface area (Å²) in [5.41, 5.74) is 1.93. The summed E-state index contributed by atoms with van der Waals surface area (Å²) >= 11 is 5.19. The topological polar surface area (TPSA) is 40.5 Å². The fourth-order valence-electron chi connectivity index (χ4n) is 1.52. The van der Waals surface area contributed by atoms with Gasteiger partial charge in [-0.25, -0.2) is 4.79 Å². The van der Waals surface area contributed by atoms with Crippen molar-refractivity contribution in [1.29, 1.82) is 0 Å². The number of rotatable bonds is 6. The summed E-state index contributed by atoms with van der Waals surface area (Å²) in [5.74, 6) is 0.0990. The molecule has 0 unspecified atom stereocenters. The first kappa shape index (κ1) is 15.1. The molecule has 18 heavy (non-hydrogen) atoms. The van der Waals surface area contributed by atoms with E-state index in [0.29, 0.717) is 0 Å². The lowest BCUT2D eigenvalue weighted by atomic mass is 10.1. The Labute approximate surface area is 120 Å². The molecular weight excluding hydrogens is 314 g/mol. The molecule has 1 aromatic carbocycles. The van der Waals surface area contributed by atoms with Crippen LogP contribution >= 0.6 is 27.7 Å². The Balaban J connectivity index is 2.98. The lowest BCUT2D eigenvalue weighted by Crippen LogP contribution is -2.21. The molecule has 0 saturated carbocycles. The molecule has 0 saturated heterocycles. The fourth-order valence-corrected chi connectivity index (χ4v) is 2.35. The van der Waals surface area contributed by atoms with Gasteiger partial charge in [-0.15, -0.1) is 0 Å². The zero-order valence-corrected chi connectivity index (χ0v) is 12.8. The Bertz CT molecular complexity index is 449. The predicted molar refractivity (Wildman–Crippen MR) is 82.5 cm³/mol. The zero-order valence-electron chi connectivity index (χ0n) is 10.4. The fraction of sp³-hybridized carbons (Fsp3) is 0.308. The van der Waals surface area contributed by atoms with E-state index in [2.05, 4.69) is 27.1 Å². The van der Waals surface area contributed by atoms with Gasteiger partial charge in [-0.3, -0.25) is 0 Å². The standard InChI is InChI=1S/C13H16BrNO2S/c1-15(7-8-18-2)12-5-4-11(14)9-10(12)3-6-13(16)17/h3-6,9H,7-8H2,1-2H3,(H,16,17)/b6-3+. The summed E-state index contributed by atoms with van der Waals surface area (Å²) in [6.45, 7) is 0.927. The summed E-state index contributed by atoms with van der Waals surface area (Å²) < 4.78 is 0.939. The largest absolute Gasteiger partial charge is 0.478 e. The lowest BCUT2D eigenvalue weighted by molar-refractivity contribution is -0.131. The molecule has 0 fully saturated rings. The summed E-state index contributed by atoms with van der Waals surface area (Å²) in [6, 6.07) is 5.87. The molecule has 0 amide bonds. The van der Waals surface area contributed by atoms with Crippen LogP contribution in [0.25, 0.3) is 6.08 Å². The maximum Gasteiger partial charge on any atom is 0.328 e. The van der Waals surface area contributed by atoms with Crippen molar-refractivity contribution in [2.75, 3.05) is 30.5 Å². The van der Waals surface area contributed by atoms with Crippen molar-refractivity contribution in [2.45, 2.75) is 0 Å². The number of hydrogen-bond acceptors (Lipinski definition) is 3. The second-order valence-corrected chi connectivity index (χ2v) is 5.69. The summed E-state index contributed by atoms with van der Waals surface area (Å²) in [5, 5.41) is 8.70. The number of hydrogen-bond donors (Lipinski definition) is 1. The molecule has 0 aliphatic rings. The SMILES string of the molecule is CSCCN(C)c1ccc(Br)cc1/C=C/C(=O)O. The van der Waals surface area contributed by atoms with Crippen molar-refractivity contribution < 1.29 is 9.90 Å². The van der Waals surface area contributed by atoms with E-state index in [0.717, 1.165) is 34.1 Å². The molecule has 0 spiro atoms. The van der Waals surface area contributed by atoms with Gasteiger partial charge < -0.3 is 10.0 Å². The minimum absolute atomic E-state index is 0.898. The van der Waals surface area contributed by atoms with Gasteiger partial charge in [0.05, 0.1) is 0 Å². The van der Waals surface area contributed by atoms with Crippen LogP contribution in [0.15, 0.2) is 28.7 Å². The van der Waals surface area contributed by atoms with Crippen LogP contribution in [-0.4, -0.2) is 36.7 Å². The second-order valence-electron chi connectivity index (χ2n) is 3.79. The molecule has 3 nitrogen and oxygen atoms in total. The Morgan fingerprint density at radius 1 is 1.56 bits per heavy atom. The van der Waals surface area contributed by atoms with Gasteiger partial charge in [-0.2, -0.15) is 11.8 Å². The molecule has 0 heterocycles. The molecule has 0 aromatic heterocycles. The van der Waals surface area contributed by atoms with E-state index in [1.54, 1.807) is 17.8 Å². The van der Waals surface area contributed by atoms with Crippen molar-refractivity contribution in [3.05, 3.63) is 34.3 Å². The van der Waals surface area contributed by atoms with Crippen LogP contribution in [0.1, 0.15) is 5.56 Å². The third-order valence-electron chi connectivity index (χ3n) is 2.44. The molecule has 0 bridgehead atoms. The van der Waals surface area contributed by atoms with E-state index in [4.69, 9.17) is 5.11 Å². The summed E-state index contributed by atoms with van der Waals surface area (Å²) in [7, 11) is 2.01. The monoisotopic (exact) mass is 329 g/mol. The number of carboxylic acids is 1. The highest BCUT2D eigenvalue weighted by Gasteiger charge is 2.06. The number of carbonyl (C=O) groups is 1. The lowest BCUT2D eigenvalue weighted by Gasteiger charge is -2.21. The van der Waals surface area contributed by atoms with Crippen LogP contribution in [0.3, 0.4) is 0 Å². The maximum absolute atomic E-state index is 10.6. The third kappa shape index (κ3) is 4.74. The number of thioether (sulfide) groups is 1. The average Bonchev–Trinajstić information content (AvgIpc) is 2.33. The molecule has 0 atom stereocenters. The van der Waals surface area contributed by atoms with Crippen LogP contribution in [0.5, 0.6) is 0 Å². The van der Waals surface area contributed by atoms with E-state index in [-0.39, 0.29) is 0 Å². The second kappa shape index (κ2) is 7.48. The van der Waals surface area contributed by atoms with Gasteiger partial charge in [0.2, 0.25) is 0 Å². The Hall–Kier alpha value is -0.940. The Morgan fingerprint density at radius 2 is 2.28 bits per heavy atom. The number of nitrogens with zero attached hydrogens (tertiary/aromatic N) is 1. The van der Waals surface area contributed by atoms with Crippen molar-refractivity contribution in [3.8, 4) is 0 Å². The number of anilines is 1. The van der Waals surface area contributed by atoms with Gasteiger partial charge in [0.1, 0.15) is 0 Å². The van der Waals surface area contributed by atoms with Crippen molar-refractivity contribution in [2.24, 2.45) is 0 Å². The van der Waals surface area contributed by atoms with E-state index in [1.165, 1.54) is 0 Å². The van der Waals surface area contributed by atoms with E-state index < -0.39 is 5.97 Å². The van der Waals surface area contributed by atoms with Crippen molar-refractivity contribution >= 4 is 45.4 Å². The first-order valence-electron chi connectivity index (χ1n) is 5.45. The Kier molecular flexibility index (Phi) is 6.29. The summed E-state index contributed by atoms with van der Waals surface area (Å²) in [6.07, 6.45) is 4.85. The van der Waals surface area contributed by atoms with Crippen LogP contribution in [0.4, 0.5) is 5.69 Å². The maximum atomic E-state index is 10.6. The normalized spacial score (nSPS) is 10.8. The van der Waals surface area contributed by atoms with Gasteiger partial charge in [0.15, 0.2) is 0 Å². The summed E-state index contributed by atoms with van der Waals surface area (Å²) in [4.78, 5) is 12.7. The van der Waals surface area contributed by atoms with Crippen LogP contribution in [0, 0.1) is 0 Å². The molecule has 98 valence electrons.